The van der Waals surface area contributed by atoms with Crippen LogP contribution in [-0.4, -0.2) is 29.4 Å². The van der Waals surface area contributed by atoms with Gasteiger partial charge in [-0.25, -0.2) is 0 Å². The molecule has 1 aliphatic rings. The highest BCUT2D eigenvalue weighted by molar-refractivity contribution is 5.69. The Balaban J connectivity index is 1.89. The Labute approximate surface area is 175 Å². The summed E-state index contributed by atoms with van der Waals surface area (Å²) in [5.74, 6) is -0.153. The Morgan fingerprint density at radius 1 is 1.21 bits per heavy atom. The minimum absolute atomic E-state index is 0.0148. The lowest BCUT2D eigenvalue weighted by atomic mass is 9.88. The Hall–Kier alpha value is -1.91. The first-order chi connectivity index (χ1) is 14.1. The molecule has 0 fully saturated rings. The maximum absolute atomic E-state index is 11.1. The molecule has 4 heteroatoms. The molecule has 1 aliphatic carbocycles. The van der Waals surface area contributed by atoms with Gasteiger partial charge in [0, 0.05) is 12.3 Å². The van der Waals surface area contributed by atoms with Crippen molar-refractivity contribution in [1.82, 2.24) is 0 Å². The molecule has 0 saturated heterocycles. The van der Waals surface area contributed by atoms with Crippen molar-refractivity contribution < 1.29 is 19.7 Å². The van der Waals surface area contributed by atoms with E-state index in [0.717, 1.165) is 56.1 Å². The zero-order chi connectivity index (χ0) is 21.1. The van der Waals surface area contributed by atoms with Gasteiger partial charge in [-0.15, -0.1) is 0 Å². The fourth-order valence-corrected chi connectivity index (χ4v) is 3.91. The molecule has 160 valence electrons. The van der Waals surface area contributed by atoms with Crippen LogP contribution in [0.25, 0.3) is 0 Å². The van der Waals surface area contributed by atoms with Crippen LogP contribution >= 0.6 is 0 Å². The molecular formula is C25H36O4. The molecule has 2 N–H and O–H groups in total. The standard InChI is InChI=1S/C25H36O4/c1-3-4-7-11-22(26)19-13-15-21(16-14-19)25-20(17-18-23(25)27)10-8-5-6-9-12-24(28)29-2/h5,8,13-17,22-23,25-27H,3-4,6-7,9-12,18H2,1-2H3/b8-5-/t22-,23-,25+/m1/s1. The van der Waals surface area contributed by atoms with Crippen LogP contribution in [0.2, 0.25) is 0 Å². The molecule has 3 atom stereocenters. The largest absolute Gasteiger partial charge is 0.469 e. The minimum Gasteiger partial charge on any atom is -0.469 e. The summed E-state index contributed by atoms with van der Waals surface area (Å²) < 4.78 is 4.64. The van der Waals surface area contributed by atoms with Crippen LogP contribution in [0, 0.1) is 0 Å². The van der Waals surface area contributed by atoms with Gasteiger partial charge in [-0.1, -0.05) is 74.3 Å². The predicted octanol–water partition coefficient (Wildman–Crippen LogP) is 5.36. The molecule has 1 aromatic carbocycles. The number of aliphatic hydroxyl groups is 2. The SMILES string of the molecule is CCCCC[C@@H](O)c1ccc([C@@H]2C(C/C=C\CCCC(=O)OC)=CC[C@H]2O)cc1. The fourth-order valence-electron chi connectivity index (χ4n) is 3.91. The molecule has 0 aromatic heterocycles. The number of carbonyl (C=O) groups excluding carboxylic acids is 1. The molecule has 0 unspecified atom stereocenters. The third kappa shape index (κ3) is 7.45. The number of rotatable bonds is 12. The van der Waals surface area contributed by atoms with E-state index in [-0.39, 0.29) is 11.9 Å². The monoisotopic (exact) mass is 400 g/mol. The van der Waals surface area contributed by atoms with Gasteiger partial charge in [0.25, 0.3) is 0 Å². The summed E-state index contributed by atoms with van der Waals surface area (Å²) in [6.07, 6.45) is 13.3. The molecule has 0 heterocycles. The normalized spacial score (nSPS) is 20.1. The first-order valence-electron chi connectivity index (χ1n) is 10.9. The highest BCUT2D eigenvalue weighted by Crippen LogP contribution is 2.38. The van der Waals surface area contributed by atoms with Crippen LogP contribution in [0.3, 0.4) is 0 Å². The number of ether oxygens (including phenoxy) is 1. The van der Waals surface area contributed by atoms with Crippen LogP contribution in [0.15, 0.2) is 48.1 Å². The van der Waals surface area contributed by atoms with Gasteiger partial charge in [0.1, 0.15) is 0 Å². The first kappa shape index (κ1) is 23.4. The average Bonchev–Trinajstić information content (AvgIpc) is 3.10. The van der Waals surface area contributed by atoms with Gasteiger partial charge >= 0.3 is 5.97 Å². The zero-order valence-electron chi connectivity index (χ0n) is 17.8. The third-order valence-corrected chi connectivity index (χ3v) is 5.67. The lowest BCUT2D eigenvalue weighted by molar-refractivity contribution is -0.140. The van der Waals surface area contributed by atoms with E-state index in [4.69, 9.17) is 0 Å². The summed E-state index contributed by atoms with van der Waals surface area (Å²) in [5, 5.41) is 20.8. The van der Waals surface area contributed by atoms with Crippen molar-refractivity contribution in [3.05, 3.63) is 59.2 Å². The highest BCUT2D eigenvalue weighted by Gasteiger charge is 2.28. The minimum atomic E-state index is -0.410. The van der Waals surface area contributed by atoms with Gasteiger partial charge in [0.2, 0.25) is 0 Å². The van der Waals surface area contributed by atoms with Crippen molar-refractivity contribution in [1.29, 1.82) is 0 Å². The number of allylic oxidation sites excluding steroid dienone is 2. The van der Waals surface area contributed by atoms with Crippen molar-refractivity contribution in [2.24, 2.45) is 0 Å². The van der Waals surface area contributed by atoms with E-state index in [1.54, 1.807) is 0 Å². The van der Waals surface area contributed by atoms with E-state index >= 15 is 0 Å². The molecule has 4 nitrogen and oxygen atoms in total. The molecule has 0 spiro atoms. The molecular weight excluding hydrogens is 364 g/mol. The molecule has 2 rings (SSSR count). The molecule has 0 aliphatic heterocycles. The number of esters is 1. The van der Waals surface area contributed by atoms with Crippen molar-refractivity contribution >= 4 is 5.97 Å². The Morgan fingerprint density at radius 2 is 1.97 bits per heavy atom. The smallest absolute Gasteiger partial charge is 0.305 e. The molecule has 1 aromatic rings. The van der Waals surface area contributed by atoms with E-state index in [2.05, 4.69) is 29.9 Å². The van der Waals surface area contributed by atoms with Crippen molar-refractivity contribution in [3.8, 4) is 0 Å². The second-order valence-corrected chi connectivity index (χ2v) is 7.88. The van der Waals surface area contributed by atoms with Crippen LogP contribution in [-0.2, 0) is 9.53 Å². The molecule has 29 heavy (non-hydrogen) atoms. The Bertz CT molecular complexity index is 675. The van der Waals surface area contributed by atoms with Crippen molar-refractivity contribution in [2.75, 3.05) is 7.11 Å². The van der Waals surface area contributed by atoms with Crippen molar-refractivity contribution in [3.63, 3.8) is 0 Å². The first-order valence-corrected chi connectivity index (χ1v) is 10.9. The molecule has 0 amide bonds. The van der Waals surface area contributed by atoms with E-state index in [0.29, 0.717) is 12.8 Å². The number of carbonyl (C=O) groups is 1. The summed E-state index contributed by atoms with van der Waals surface area (Å²) in [6.45, 7) is 2.16. The summed E-state index contributed by atoms with van der Waals surface area (Å²) in [5.41, 5.74) is 3.29. The molecule has 0 radical (unpaired) electrons. The predicted molar refractivity (Wildman–Crippen MR) is 117 cm³/mol. The second kappa shape index (κ2) is 12.6. The number of aliphatic hydroxyl groups excluding tert-OH is 2. The van der Waals surface area contributed by atoms with Crippen LogP contribution < -0.4 is 0 Å². The summed E-state index contributed by atoms with van der Waals surface area (Å²) in [4.78, 5) is 11.1. The number of hydrogen-bond donors (Lipinski definition) is 2. The van der Waals surface area contributed by atoms with Gasteiger partial charge in [-0.2, -0.15) is 0 Å². The Morgan fingerprint density at radius 3 is 2.66 bits per heavy atom. The second-order valence-electron chi connectivity index (χ2n) is 7.88. The van der Waals surface area contributed by atoms with E-state index in [1.807, 2.05) is 24.3 Å². The zero-order valence-corrected chi connectivity index (χ0v) is 17.8. The van der Waals surface area contributed by atoms with Gasteiger partial charge in [0.15, 0.2) is 0 Å². The van der Waals surface area contributed by atoms with Crippen LogP contribution in [0.5, 0.6) is 0 Å². The maximum Gasteiger partial charge on any atom is 0.305 e. The van der Waals surface area contributed by atoms with Gasteiger partial charge in [0.05, 0.1) is 19.3 Å². The topological polar surface area (TPSA) is 66.8 Å². The van der Waals surface area contributed by atoms with Gasteiger partial charge < -0.3 is 14.9 Å². The average molecular weight is 401 g/mol. The Kier molecular flexibility index (Phi) is 10.2. The molecule has 0 saturated carbocycles. The van der Waals surface area contributed by atoms with Crippen LogP contribution in [0.1, 0.15) is 87.9 Å². The highest BCUT2D eigenvalue weighted by atomic mass is 16.5. The van der Waals surface area contributed by atoms with E-state index < -0.39 is 12.2 Å². The third-order valence-electron chi connectivity index (χ3n) is 5.67. The number of hydrogen-bond acceptors (Lipinski definition) is 4. The summed E-state index contributed by atoms with van der Waals surface area (Å²) in [6, 6.07) is 8.09. The summed E-state index contributed by atoms with van der Waals surface area (Å²) >= 11 is 0. The van der Waals surface area contributed by atoms with E-state index in [1.165, 1.54) is 12.7 Å². The quantitative estimate of drug-likeness (QED) is 0.281. The maximum atomic E-state index is 11.1. The molecule has 0 bridgehead atoms. The fraction of sp³-hybridized carbons (Fsp3) is 0.560. The van der Waals surface area contributed by atoms with E-state index in [9.17, 15) is 15.0 Å². The lowest BCUT2D eigenvalue weighted by Crippen LogP contribution is -2.14. The summed E-state index contributed by atoms with van der Waals surface area (Å²) in [7, 11) is 1.41. The lowest BCUT2D eigenvalue weighted by Gasteiger charge is -2.20. The number of unbranched alkanes of at least 4 members (excludes halogenated alkanes) is 3. The van der Waals surface area contributed by atoms with Gasteiger partial charge in [-0.05, 0) is 43.2 Å². The number of benzene rings is 1. The van der Waals surface area contributed by atoms with Crippen molar-refractivity contribution in [2.45, 2.75) is 82.8 Å². The number of methoxy groups -OCH3 is 1. The van der Waals surface area contributed by atoms with Crippen LogP contribution in [0.4, 0.5) is 0 Å². The van der Waals surface area contributed by atoms with Gasteiger partial charge in [-0.3, -0.25) is 4.79 Å².